The predicted molar refractivity (Wildman–Crippen MR) is 204 cm³/mol. The maximum absolute atomic E-state index is 5.67. The first-order chi connectivity index (χ1) is 20.7. The molecule has 2 atom stereocenters. The van der Waals surface area contributed by atoms with E-state index in [1.807, 2.05) is 132 Å². The van der Waals surface area contributed by atoms with Crippen LogP contribution in [0.2, 0.25) is 0 Å². The number of halogens is 4. The molecule has 0 N–H and O–H groups in total. The van der Waals surface area contributed by atoms with Crippen molar-refractivity contribution in [3.8, 4) is 0 Å². The molecule has 3 aliphatic heterocycles. The molecule has 4 rings (SSSR count). The van der Waals surface area contributed by atoms with Gasteiger partial charge in [-0.1, -0.05) is 13.8 Å². The molecule has 0 fully saturated rings. The third-order valence-electron chi connectivity index (χ3n) is 4.68. The molecule has 0 radical (unpaired) electrons. The number of hydrogen-bond acceptors (Lipinski definition) is 6. The van der Waals surface area contributed by atoms with Crippen LogP contribution in [0.4, 0.5) is 0 Å². The molecule has 0 saturated heterocycles. The van der Waals surface area contributed by atoms with E-state index in [1.54, 1.807) is 0 Å². The summed E-state index contributed by atoms with van der Waals surface area (Å²) in [5.41, 5.74) is 1.12. The third-order valence-corrected chi connectivity index (χ3v) is 10.6. The molecule has 0 aliphatic carbocycles. The molecule has 262 valence electrons. The Kier molecular flexibility index (Phi) is 38.2. The van der Waals surface area contributed by atoms with E-state index >= 15 is 0 Å². The Hall–Kier alpha value is 0.247. The fourth-order valence-electron chi connectivity index (χ4n) is 2.43. The number of benzene rings is 1. The molecule has 3 aliphatic rings. The number of nitrogens with zero attached hydrogens (tertiary/aromatic N) is 6. The summed E-state index contributed by atoms with van der Waals surface area (Å²) in [5.74, 6) is 0. The van der Waals surface area contributed by atoms with Crippen molar-refractivity contribution in [2.24, 2.45) is 0 Å². The normalized spacial score (nSPS) is 14.7. The van der Waals surface area contributed by atoms with Crippen molar-refractivity contribution in [2.75, 3.05) is 74.6 Å². The summed E-state index contributed by atoms with van der Waals surface area (Å²) in [6, 6.07) is 9.89. The van der Waals surface area contributed by atoms with Crippen molar-refractivity contribution < 1.29 is 27.0 Å². The molecule has 2 unspecified atom stereocenters. The van der Waals surface area contributed by atoms with Crippen molar-refractivity contribution in [3.63, 3.8) is 0 Å². The van der Waals surface area contributed by atoms with Crippen LogP contribution >= 0.6 is 55.9 Å². The molecule has 0 saturated carbocycles. The Balaban J connectivity index is -0.000000457. The zero-order valence-corrected chi connectivity index (χ0v) is 36.7. The van der Waals surface area contributed by atoms with E-state index in [4.69, 9.17) is 38.8 Å². The van der Waals surface area contributed by atoms with Crippen LogP contribution in [-0.4, -0.2) is 113 Å². The van der Waals surface area contributed by atoms with Crippen LogP contribution < -0.4 is 0 Å². The van der Waals surface area contributed by atoms with E-state index in [0.717, 1.165) is 29.4 Å². The summed E-state index contributed by atoms with van der Waals surface area (Å²) in [6.07, 6.45) is 14.8. The minimum absolute atomic E-state index is 1.03. The first kappa shape index (κ1) is 48.6. The Morgan fingerprint density at radius 3 is 1.14 bits per heavy atom. The fourth-order valence-corrected chi connectivity index (χ4v) is 4.26. The second kappa shape index (κ2) is 34.6. The molecular formula is C30H56Cl4N6P2Ru2-2. The van der Waals surface area contributed by atoms with E-state index in [9.17, 15) is 0 Å². The number of hydrogen-bond donors (Lipinski definition) is 0. The third kappa shape index (κ3) is 38.4. The average Bonchev–Trinajstić information content (AvgIpc) is 3.69. The fraction of sp³-hybridized carbons (Fsp3) is 0.467. The predicted octanol–water partition coefficient (Wildman–Crippen LogP) is 8.33. The standard InChI is InChI=1S/C7H6.C5H10N2.2C5H9N2.2C3H9P.C2H4.4ClH.2Ru/c1-7-5-3-2-4-6-7;3*1-6-3-4-7(2)5-6;2*1-3-4-2;1-2;;;;;;/h1-6H;3-4H,5H2,1-2H3;2*3-5H,1-2H3;2*4H,3H2,1-2H3;1H,2H3;4*1H;;/q;;2*-1;;;;;;;;2*+2/p-4. The summed E-state index contributed by atoms with van der Waals surface area (Å²) >= 11 is -2.98. The van der Waals surface area contributed by atoms with E-state index in [2.05, 4.69) is 63.5 Å². The van der Waals surface area contributed by atoms with Crippen LogP contribution in [0.1, 0.15) is 26.3 Å². The van der Waals surface area contributed by atoms with Gasteiger partial charge in [-0.05, 0) is 78.6 Å². The topological polar surface area (TPSA) is 19.4 Å². The van der Waals surface area contributed by atoms with Crippen LogP contribution in [0, 0.1) is 13.3 Å². The zero-order chi connectivity index (χ0) is 34.3. The first-order valence-corrected chi connectivity index (χ1v) is 28.1. The van der Waals surface area contributed by atoms with Gasteiger partial charge in [0.1, 0.15) is 0 Å². The van der Waals surface area contributed by atoms with Gasteiger partial charge >= 0.3 is 118 Å². The van der Waals surface area contributed by atoms with E-state index < -0.39 is 27.0 Å². The van der Waals surface area contributed by atoms with Crippen LogP contribution in [0.5, 0.6) is 0 Å². The van der Waals surface area contributed by atoms with Crippen molar-refractivity contribution in [3.05, 3.63) is 86.4 Å². The summed E-state index contributed by atoms with van der Waals surface area (Å²) in [5, 5.41) is 0. The van der Waals surface area contributed by atoms with Gasteiger partial charge in [-0.3, -0.25) is 0 Å². The summed E-state index contributed by atoms with van der Waals surface area (Å²) in [6.45, 7) is 15.7. The van der Waals surface area contributed by atoms with E-state index in [-0.39, 0.29) is 0 Å². The molecule has 1 aromatic carbocycles. The Morgan fingerprint density at radius 2 is 0.977 bits per heavy atom. The van der Waals surface area contributed by atoms with Gasteiger partial charge in [0.2, 0.25) is 0 Å². The first-order valence-electron chi connectivity index (χ1n) is 13.7. The van der Waals surface area contributed by atoms with Gasteiger partial charge in [-0.15, -0.1) is 17.2 Å². The van der Waals surface area contributed by atoms with E-state index in [1.165, 1.54) is 12.3 Å². The molecule has 14 heteroatoms. The number of rotatable bonds is 3. The molecule has 44 heavy (non-hydrogen) atoms. The van der Waals surface area contributed by atoms with Gasteiger partial charge in [0, 0.05) is 26.5 Å². The molecule has 1 aromatic rings. The van der Waals surface area contributed by atoms with Crippen LogP contribution in [0.15, 0.2) is 67.5 Å². The molecular weight excluding hydrogens is 850 g/mol. The molecule has 6 nitrogen and oxygen atoms in total. The van der Waals surface area contributed by atoms with Gasteiger partial charge in [-0.25, -0.2) is 0 Å². The van der Waals surface area contributed by atoms with Crippen molar-refractivity contribution in [1.29, 1.82) is 0 Å². The van der Waals surface area contributed by atoms with Crippen molar-refractivity contribution in [1.82, 2.24) is 29.4 Å². The van der Waals surface area contributed by atoms with Crippen molar-refractivity contribution >= 4 is 65.1 Å². The van der Waals surface area contributed by atoms with Gasteiger partial charge in [0.05, 0.1) is 6.67 Å². The van der Waals surface area contributed by atoms with Gasteiger partial charge in [0.25, 0.3) is 0 Å². The monoisotopic (exact) mass is 906 g/mol. The van der Waals surface area contributed by atoms with Gasteiger partial charge in [0.15, 0.2) is 0 Å². The molecule has 3 heterocycles. The average molecular weight is 907 g/mol. The molecule has 0 amide bonds. The Morgan fingerprint density at radius 1 is 0.659 bits per heavy atom. The summed E-state index contributed by atoms with van der Waals surface area (Å²) in [4.78, 5) is 12.2. The van der Waals surface area contributed by atoms with Gasteiger partial charge < -0.3 is 29.4 Å². The Labute approximate surface area is 300 Å². The van der Waals surface area contributed by atoms with Gasteiger partial charge in [-0.2, -0.15) is 13.3 Å². The van der Waals surface area contributed by atoms with Crippen molar-refractivity contribution in [2.45, 2.75) is 20.8 Å². The van der Waals surface area contributed by atoms with Crippen LogP contribution in [-0.2, 0) is 27.0 Å². The summed E-state index contributed by atoms with van der Waals surface area (Å²) in [7, 11) is 36.4. The minimum atomic E-state index is -1.61. The molecule has 0 aromatic heterocycles. The quantitative estimate of drug-likeness (QED) is 0.172. The van der Waals surface area contributed by atoms with Crippen LogP contribution in [0.25, 0.3) is 0 Å². The SMILES string of the molecule is CCPC.CCPC.CN1C=CN(C)C1.CN1C=CN(C)[CH-]1.CN1C=CN(C)[CH-]1.C[CH]=[Ru]([Cl])[Cl].[Cl][Ru]([Cl])=[CH]c1ccccc1. The summed E-state index contributed by atoms with van der Waals surface area (Å²) < 4.78 is 3.77. The molecule has 0 bridgehead atoms. The zero-order valence-electron chi connectivity index (χ0n) is 28.2. The van der Waals surface area contributed by atoms with E-state index in [0.29, 0.717) is 0 Å². The maximum atomic E-state index is 5.67. The molecule has 0 spiro atoms. The Bertz CT molecular complexity index is 840. The second-order valence-electron chi connectivity index (χ2n) is 8.98. The van der Waals surface area contributed by atoms with Crippen LogP contribution in [0.3, 0.4) is 0 Å². The second-order valence-corrected chi connectivity index (χ2v) is 23.8.